The van der Waals surface area contributed by atoms with Crippen molar-refractivity contribution in [3.05, 3.63) is 41.5 Å². The quantitative estimate of drug-likeness (QED) is 0.738. The van der Waals surface area contributed by atoms with Crippen molar-refractivity contribution in [2.45, 2.75) is 51.5 Å². The molecule has 1 aromatic carbocycles. The number of benzene rings is 1. The summed E-state index contributed by atoms with van der Waals surface area (Å²) in [5.74, 6) is 1.54. The summed E-state index contributed by atoms with van der Waals surface area (Å²) < 4.78 is 5.45. The van der Waals surface area contributed by atoms with Crippen LogP contribution in [0.15, 0.2) is 30.3 Å². The fraction of sp³-hybridized carbons (Fsp3) is 0.654. The Bertz CT molecular complexity index is 781. The molecule has 0 bridgehead atoms. The van der Waals surface area contributed by atoms with E-state index in [4.69, 9.17) is 4.74 Å². The summed E-state index contributed by atoms with van der Waals surface area (Å²) >= 11 is 0. The van der Waals surface area contributed by atoms with Crippen molar-refractivity contribution in [3.8, 4) is 0 Å². The van der Waals surface area contributed by atoms with Crippen LogP contribution >= 0.6 is 0 Å². The van der Waals surface area contributed by atoms with Crippen molar-refractivity contribution in [1.29, 1.82) is 0 Å². The minimum atomic E-state index is 0.0928. The van der Waals surface area contributed by atoms with E-state index < -0.39 is 0 Å². The van der Waals surface area contributed by atoms with Crippen molar-refractivity contribution >= 4 is 11.5 Å². The third-order valence-corrected chi connectivity index (χ3v) is 8.00. The molecule has 3 heterocycles. The average molecular weight is 409 g/mol. The number of ether oxygens (including phenoxy) is 1. The van der Waals surface area contributed by atoms with Crippen LogP contribution in [0.2, 0.25) is 0 Å². The van der Waals surface area contributed by atoms with E-state index in [9.17, 15) is 4.79 Å². The number of likely N-dealkylation sites (tertiary alicyclic amines) is 2. The second-order valence-corrected chi connectivity index (χ2v) is 9.88. The molecule has 4 atom stereocenters. The van der Waals surface area contributed by atoms with Crippen LogP contribution in [-0.4, -0.2) is 61.1 Å². The first-order valence-electron chi connectivity index (χ1n) is 12.1. The van der Waals surface area contributed by atoms with Crippen LogP contribution in [0.4, 0.5) is 0 Å². The summed E-state index contributed by atoms with van der Waals surface area (Å²) in [6.45, 7) is 7.98. The van der Waals surface area contributed by atoms with E-state index in [1.807, 2.05) is 0 Å². The van der Waals surface area contributed by atoms with Gasteiger partial charge in [0, 0.05) is 38.2 Å². The maximum Gasteiger partial charge on any atom is 0.228 e. The number of hydrogen-bond donors (Lipinski definition) is 0. The molecule has 0 spiro atoms. The highest BCUT2D eigenvalue weighted by atomic mass is 16.5. The van der Waals surface area contributed by atoms with Crippen molar-refractivity contribution in [2.24, 2.45) is 17.8 Å². The number of fused-ring (bicyclic) bond motifs is 1. The van der Waals surface area contributed by atoms with Gasteiger partial charge in [0.2, 0.25) is 5.91 Å². The fourth-order valence-corrected chi connectivity index (χ4v) is 6.08. The van der Waals surface area contributed by atoms with E-state index in [1.165, 1.54) is 49.1 Å². The van der Waals surface area contributed by atoms with E-state index in [0.29, 0.717) is 24.3 Å². The van der Waals surface area contributed by atoms with Gasteiger partial charge in [-0.15, -0.1) is 0 Å². The fourth-order valence-electron chi connectivity index (χ4n) is 6.08. The van der Waals surface area contributed by atoms with Crippen molar-refractivity contribution < 1.29 is 9.53 Å². The summed E-state index contributed by atoms with van der Waals surface area (Å²) in [6.07, 6.45) is 9.53. The zero-order valence-electron chi connectivity index (χ0n) is 18.4. The Balaban J connectivity index is 1.22. The van der Waals surface area contributed by atoms with Gasteiger partial charge in [0.25, 0.3) is 0 Å². The minimum Gasteiger partial charge on any atom is -0.381 e. The second kappa shape index (κ2) is 8.84. The number of allylic oxidation sites excluding steroid dienone is 1. The number of carbonyl (C=O) groups is 1. The molecule has 1 aliphatic carbocycles. The van der Waals surface area contributed by atoms with Crippen LogP contribution in [-0.2, 0) is 16.0 Å². The first-order valence-corrected chi connectivity index (χ1v) is 12.1. The van der Waals surface area contributed by atoms with Gasteiger partial charge in [-0.25, -0.2) is 0 Å². The van der Waals surface area contributed by atoms with Gasteiger partial charge in [0.05, 0.1) is 12.5 Å². The maximum atomic E-state index is 12.9. The Hall–Kier alpha value is -1.65. The lowest BCUT2D eigenvalue weighted by molar-refractivity contribution is -0.134. The predicted molar refractivity (Wildman–Crippen MR) is 120 cm³/mol. The zero-order chi connectivity index (χ0) is 20.5. The molecular formula is C26H36N2O2. The molecule has 0 saturated carbocycles. The lowest BCUT2D eigenvalue weighted by Gasteiger charge is -2.26. The van der Waals surface area contributed by atoms with Crippen molar-refractivity contribution in [2.75, 3.05) is 39.4 Å². The first kappa shape index (κ1) is 20.3. The standard InChI is InChI=1S/C26H36N2O2/c1-19-4-3-13-27(19)14-11-20-7-9-21(10-8-20)24-6-2-5-22-16-28(17-25(22)24)26(29)23-12-15-30-18-23/h6-10,19,22-23,25H,2-5,11-18H2,1H3/t19-,22+,23?,25-/m1/s1. The third kappa shape index (κ3) is 4.09. The lowest BCUT2D eigenvalue weighted by atomic mass is 9.78. The van der Waals surface area contributed by atoms with Crippen LogP contribution in [0.3, 0.4) is 0 Å². The molecule has 1 amide bonds. The predicted octanol–water partition coefficient (Wildman–Crippen LogP) is 4.00. The van der Waals surface area contributed by atoms with Gasteiger partial charge in [-0.1, -0.05) is 30.3 Å². The molecule has 0 radical (unpaired) electrons. The highest BCUT2D eigenvalue weighted by Crippen LogP contribution is 2.42. The molecule has 162 valence electrons. The third-order valence-electron chi connectivity index (χ3n) is 8.00. The number of amides is 1. The highest BCUT2D eigenvalue weighted by Gasteiger charge is 2.41. The van der Waals surface area contributed by atoms with E-state index in [-0.39, 0.29) is 5.92 Å². The smallest absolute Gasteiger partial charge is 0.228 e. The highest BCUT2D eigenvalue weighted by molar-refractivity contribution is 5.80. The summed E-state index contributed by atoms with van der Waals surface area (Å²) in [4.78, 5) is 17.7. The molecule has 5 rings (SSSR count). The normalized spacial score (nSPS) is 31.8. The maximum absolute atomic E-state index is 12.9. The van der Waals surface area contributed by atoms with Crippen LogP contribution in [0, 0.1) is 17.8 Å². The van der Waals surface area contributed by atoms with Gasteiger partial charge in [0.15, 0.2) is 0 Å². The molecule has 0 N–H and O–H groups in total. The van der Waals surface area contributed by atoms with Gasteiger partial charge in [0.1, 0.15) is 0 Å². The van der Waals surface area contributed by atoms with E-state index in [0.717, 1.165) is 45.0 Å². The van der Waals surface area contributed by atoms with Crippen molar-refractivity contribution in [1.82, 2.24) is 9.80 Å². The summed E-state index contributed by atoms with van der Waals surface area (Å²) in [5.41, 5.74) is 4.28. The molecule has 4 aliphatic rings. The largest absolute Gasteiger partial charge is 0.381 e. The number of rotatable bonds is 5. The van der Waals surface area contributed by atoms with E-state index >= 15 is 0 Å². The van der Waals surface area contributed by atoms with E-state index in [1.54, 1.807) is 0 Å². The van der Waals surface area contributed by atoms with Gasteiger partial charge < -0.3 is 14.5 Å². The molecule has 0 aromatic heterocycles. The van der Waals surface area contributed by atoms with Crippen LogP contribution < -0.4 is 0 Å². The average Bonchev–Trinajstić information content (AvgIpc) is 3.52. The Labute approximate surface area is 181 Å². The Kier molecular flexibility index (Phi) is 5.97. The molecular weight excluding hydrogens is 372 g/mol. The first-order chi connectivity index (χ1) is 14.7. The zero-order valence-corrected chi connectivity index (χ0v) is 18.4. The molecule has 4 nitrogen and oxygen atoms in total. The summed E-state index contributed by atoms with van der Waals surface area (Å²) in [5, 5.41) is 0. The minimum absolute atomic E-state index is 0.0928. The molecule has 1 aromatic rings. The molecule has 1 unspecified atom stereocenters. The number of hydrogen-bond acceptors (Lipinski definition) is 3. The number of nitrogens with zero attached hydrogens (tertiary/aromatic N) is 2. The molecule has 3 aliphatic heterocycles. The van der Waals surface area contributed by atoms with Crippen molar-refractivity contribution in [3.63, 3.8) is 0 Å². The SMILES string of the molecule is C[C@@H]1CCCN1CCc1ccc(C2=CCC[C@H]3CN(C(=O)C4CCOC4)C[C@@H]23)cc1. The molecule has 30 heavy (non-hydrogen) atoms. The lowest BCUT2D eigenvalue weighted by Crippen LogP contribution is -2.35. The van der Waals surface area contributed by atoms with Crippen LogP contribution in [0.25, 0.3) is 5.57 Å². The Morgan fingerprint density at radius 1 is 1.13 bits per heavy atom. The molecule has 4 heteroatoms. The molecule has 3 fully saturated rings. The Morgan fingerprint density at radius 3 is 2.73 bits per heavy atom. The van der Waals surface area contributed by atoms with Crippen LogP contribution in [0.5, 0.6) is 0 Å². The Morgan fingerprint density at radius 2 is 2.00 bits per heavy atom. The van der Waals surface area contributed by atoms with Gasteiger partial charge in [-0.3, -0.25) is 4.79 Å². The van der Waals surface area contributed by atoms with Crippen LogP contribution in [0.1, 0.15) is 50.2 Å². The summed E-state index contributed by atoms with van der Waals surface area (Å²) in [6, 6.07) is 10.1. The topological polar surface area (TPSA) is 32.8 Å². The number of carbonyl (C=O) groups excluding carboxylic acids is 1. The second-order valence-electron chi connectivity index (χ2n) is 9.88. The summed E-state index contributed by atoms with van der Waals surface area (Å²) in [7, 11) is 0. The van der Waals surface area contributed by atoms with E-state index in [2.05, 4.69) is 47.1 Å². The monoisotopic (exact) mass is 408 g/mol. The van der Waals surface area contributed by atoms with Gasteiger partial charge >= 0.3 is 0 Å². The van der Waals surface area contributed by atoms with Gasteiger partial charge in [-0.2, -0.15) is 0 Å². The molecule has 3 saturated heterocycles. The van der Waals surface area contributed by atoms with Gasteiger partial charge in [-0.05, 0) is 74.6 Å².